The van der Waals surface area contributed by atoms with E-state index in [1.54, 1.807) is 18.1 Å². The molecule has 0 radical (unpaired) electrons. The number of ether oxygens (including phenoxy) is 1. The Labute approximate surface area is 183 Å². The summed E-state index contributed by atoms with van der Waals surface area (Å²) in [7, 11) is 5.49. The number of carbonyl (C=O) groups excluding carboxylic acids is 2. The molecule has 3 rings (SSSR count). The Morgan fingerprint density at radius 3 is 2.52 bits per heavy atom. The van der Waals surface area contributed by atoms with E-state index in [0.29, 0.717) is 29.8 Å². The summed E-state index contributed by atoms with van der Waals surface area (Å²) in [4.78, 5) is 29.8. The van der Waals surface area contributed by atoms with Crippen molar-refractivity contribution < 1.29 is 19.4 Å². The normalized spacial score (nSPS) is 18.1. The number of para-hydroxylation sites is 1. The third-order valence-electron chi connectivity index (χ3n) is 5.63. The van der Waals surface area contributed by atoms with Crippen LogP contribution in [-0.4, -0.2) is 60.9 Å². The largest absolute Gasteiger partial charge is 0.507 e. The van der Waals surface area contributed by atoms with Gasteiger partial charge in [-0.25, -0.2) is 0 Å². The fourth-order valence-electron chi connectivity index (χ4n) is 4.02. The van der Waals surface area contributed by atoms with Gasteiger partial charge < -0.3 is 19.6 Å². The number of aryl methyl sites for hydroxylation is 2. The van der Waals surface area contributed by atoms with E-state index in [9.17, 15) is 14.7 Å². The highest BCUT2D eigenvalue weighted by atomic mass is 16.5. The molecular weight excluding hydrogens is 392 g/mol. The predicted octanol–water partition coefficient (Wildman–Crippen LogP) is 3.69. The van der Waals surface area contributed by atoms with Gasteiger partial charge >= 0.3 is 0 Å². The number of likely N-dealkylation sites (tertiary alicyclic amines) is 1. The van der Waals surface area contributed by atoms with Crippen molar-refractivity contribution in [1.82, 2.24) is 9.80 Å². The minimum absolute atomic E-state index is 0.105. The van der Waals surface area contributed by atoms with Crippen molar-refractivity contribution >= 4 is 17.4 Å². The Bertz CT molecular complexity index is 1030. The number of rotatable bonds is 7. The van der Waals surface area contributed by atoms with Crippen LogP contribution >= 0.6 is 0 Å². The summed E-state index contributed by atoms with van der Waals surface area (Å²) in [6, 6.07) is 12.3. The highest BCUT2D eigenvalue weighted by molar-refractivity contribution is 6.46. The minimum atomic E-state index is -0.710. The van der Waals surface area contributed by atoms with Crippen LogP contribution in [-0.2, 0) is 9.59 Å². The van der Waals surface area contributed by atoms with Crippen LogP contribution in [0.5, 0.6) is 5.75 Å². The number of nitrogens with zero attached hydrogens (tertiary/aromatic N) is 2. The number of aliphatic hydroxyl groups excluding tert-OH is 1. The third-order valence-corrected chi connectivity index (χ3v) is 5.63. The fourth-order valence-corrected chi connectivity index (χ4v) is 4.02. The van der Waals surface area contributed by atoms with Crippen LogP contribution in [0, 0.1) is 13.8 Å². The Kier molecular flexibility index (Phi) is 6.81. The molecule has 0 bridgehead atoms. The number of benzene rings is 2. The molecule has 1 aliphatic rings. The van der Waals surface area contributed by atoms with Crippen molar-refractivity contribution in [3.05, 3.63) is 70.3 Å². The molecule has 0 aliphatic carbocycles. The SMILES string of the molecule is COc1ccccc1[C@H]1C(=C(O)c2cc(C)ccc2C)C(=O)C(=O)N1CCCN(C)C. The number of ketones is 1. The van der Waals surface area contributed by atoms with Gasteiger partial charge in [0.15, 0.2) is 0 Å². The molecule has 6 nitrogen and oxygen atoms in total. The highest BCUT2D eigenvalue weighted by Crippen LogP contribution is 2.43. The lowest BCUT2D eigenvalue weighted by molar-refractivity contribution is -0.140. The quantitative estimate of drug-likeness (QED) is 0.419. The number of methoxy groups -OCH3 is 1. The van der Waals surface area contributed by atoms with E-state index in [1.807, 2.05) is 69.2 Å². The zero-order chi connectivity index (χ0) is 22.7. The summed E-state index contributed by atoms with van der Waals surface area (Å²) >= 11 is 0. The first-order chi connectivity index (χ1) is 14.8. The summed E-state index contributed by atoms with van der Waals surface area (Å²) in [5.74, 6) is -0.842. The molecular formula is C25H30N2O4. The molecule has 2 aromatic carbocycles. The first-order valence-electron chi connectivity index (χ1n) is 10.4. The second-order valence-corrected chi connectivity index (χ2v) is 8.21. The van der Waals surface area contributed by atoms with Crippen molar-refractivity contribution in [3.8, 4) is 5.75 Å². The molecule has 1 heterocycles. The topological polar surface area (TPSA) is 70.1 Å². The van der Waals surface area contributed by atoms with Crippen molar-refractivity contribution in [3.63, 3.8) is 0 Å². The lowest BCUT2D eigenvalue weighted by Crippen LogP contribution is -2.32. The molecule has 0 saturated carbocycles. The Balaban J connectivity index is 2.19. The monoisotopic (exact) mass is 422 g/mol. The van der Waals surface area contributed by atoms with Crippen LogP contribution in [0.2, 0.25) is 0 Å². The molecule has 0 unspecified atom stereocenters. The van der Waals surface area contributed by atoms with Gasteiger partial charge in [0.25, 0.3) is 11.7 Å². The molecule has 6 heteroatoms. The van der Waals surface area contributed by atoms with E-state index in [0.717, 1.165) is 17.7 Å². The zero-order valence-electron chi connectivity index (χ0n) is 18.8. The molecule has 1 fully saturated rings. The zero-order valence-corrected chi connectivity index (χ0v) is 18.8. The fraction of sp³-hybridized carbons (Fsp3) is 0.360. The Morgan fingerprint density at radius 2 is 1.84 bits per heavy atom. The van der Waals surface area contributed by atoms with Crippen molar-refractivity contribution in [2.24, 2.45) is 0 Å². The van der Waals surface area contributed by atoms with Crippen LogP contribution < -0.4 is 4.74 Å². The highest BCUT2D eigenvalue weighted by Gasteiger charge is 2.46. The van der Waals surface area contributed by atoms with Gasteiger partial charge in [-0.2, -0.15) is 0 Å². The maximum atomic E-state index is 13.1. The molecule has 2 aromatic rings. The minimum Gasteiger partial charge on any atom is -0.507 e. The maximum Gasteiger partial charge on any atom is 0.295 e. The molecule has 1 atom stereocenters. The third kappa shape index (κ3) is 4.49. The van der Waals surface area contributed by atoms with Gasteiger partial charge in [0.05, 0.1) is 18.7 Å². The van der Waals surface area contributed by atoms with Crippen LogP contribution in [0.3, 0.4) is 0 Å². The summed E-state index contributed by atoms with van der Waals surface area (Å²) in [5, 5.41) is 11.3. The van der Waals surface area contributed by atoms with Crippen molar-refractivity contribution in [2.45, 2.75) is 26.3 Å². The Morgan fingerprint density at radius 1 is 1.13 bits per heavy atom. The average Bonchev–Trinajstić information content (AvgIpc) is 2.99. The number of amides is 1. The lowest BCUT2D eigenvalue weighted by Gasteiger charge is -2.27. The van der Waals surface area contributed by atoms with Gasteiger partial charge in [-0.05, 0) is 58.6 Å². The maximum absolute atomic E-state index is 13.1. The van der Waals surface area contributed by atoms with Gasteiger partial charge in [-0.3, -0.25) is 9.59 Å². The van der Waals surface area contributed by atoms with Gasteiger partial charge in [-0.15, -0.1) is 0 Å². The van der Waals surface area contributed by atoms with Gasteiger partial charge in [0.2, 0.25) is 0 Å². The molecule has 1 aliphatic heterocycles. The van der Waals surface area contributed by atoms with E-state index < -0.39 is 17.7 Å². The Hall–Kier alpha value is -3.12. The number of aliphatic hydroxyl groups is 1. The summed E-state index contributed by atoms with van der Waals surface area (Å²) in [6.07, 6.45) is 0.704. The molecule has 0 spiro atoms. The van der Waals surface area contributed by atoms with E-state index in [1.165, 1.54) is 0 Å². The first kappa shape index (κ1) is 22.6. The van der Waals surface area contributed by atoms with Gasteiger partial charge in [-0.1, -0.05) is 35.9 Å². The van der Waals surface area contributed by atoms with Crippen molar-refractivity contribution in [1.29, 1.82) is 0 Å². The molecule has 1 saturated heterocycles. The molecule has 31 heavy (non-hydrogen) atoms. The van der Waals surface area contributed by atoms with Gasteiger partial charge in [0, 0.05) is 17.7 Å². The standard InChI is InChI=1S/C25H30N2O4/c1-16-11-12-17(2)19(15-16)23(28)21-22(18-9-6-7-10-20(18)31-5)27(25(30)24(21)29)14-8-13-26(3)4/h6-7,9-12,15,22,28H,8,13-14H2,1-5H3/t22-/m0/s1. The molecule has 1 amide bonds. The predicted molar refractivity (Wildman–Crippen MR) is 121 cm³/mol. The lowest BCUT2D eigenvalue weighted by atomic mass is 9.93. The average molecular weight is 423 g/mol. The summed E-state index contributed by atoms with van der Waals surface area (Å²) < 4.78 is 5.53. The summed E-state index contributed by atoms with van der Waals surface area (Å²) in [5.41, 5.74) is 3.14. The van der Waals surface area contributed by atoms with Gasteiger partial charge in [0.1, 0.15) is 11.5 Å². The van der Waals surface area contributed by atoms with E-state index in [2.05, 4.69) is 0 Å². The molecule has 0 aromatic heterocycles. The van der Waals surface area contributed by atoms with Crippen LogP contribution in [0.4, 0.5) is 0 Å². The second-order valence-electron chi connectivity index (χ2n) is 8.21. The number of hydrogen-bond acceptors (Lipinski definition) is 5. The van der Waals surface area contributed by atoms with E-state index in [4.69, 9.17) is 4.74 Å². The first-order valence-corrected chi connectivity index (χ1v) is 10.4. The van der Waals surface area contributed by atoms with Crippen LogP contribution in [0.25, 0.3) is 5.76 Å². The smallest absolute Gasteiger partial charge is 0.295 e. The number of hydrogen-bond donors (Lipinski definition) is 1. The summed E-state index contributed by atoms with van der Waals surface area (Å²) in [6.45, 7) is 4.97. The van der Waals surface area contributed by atoms with Crippen LogP contribution in [0.1, 0.15) is 34.7 Å². The van der Waals surface area contributed by atoms with E-state index >= 15 is 0 Å². The molecule has 164 valence electrons. The second kappa shape index (κ2) is 9.35. The molecule has 1 N–H and O–H groups in total. The van der Waals surface area contributed by atoms with Crippen molar-refractivity contribution in [2.75, 3.05) is 34.3 Å². The number of Topliss-reactive ketones (excluding diaryl/α,β-unsaturated/α-hetero) is 1. The van der Waals surface area contributed by atoms with E-state index in [-0.39, 0.29) is 11.3 Å². The number of carbonyl (C=O) groups is 2. The van der Waals surface area contributed by atoms with Crippen LogP contribution in [0.15, 0.2) is 48.0 Å².